The van der Waals surface area contributed by atoms with E-state index in [1.54, 1.807) is 11.9 Å². The van der Waals surface area contributed by atoms with E-state index in [4.69, 9.17) is 4.74 Å². The van der Waals surface area contributed by atoms with E-state index in [0.717, 1.165) is 37.8 Å². The van der Waals surface area contributed by atoms with Gasteiger partial charge in [0.05, 0.1) is 30.0 Å². The van der Waals surface area contributed by atoms with Crippen LogP contribution < -0.4 is 4.90 Å². The Labute approximate surface area is 148 Å². The lowest BCUT2D eigenvalue weighted by Crippen LogP contribution is -2.55. The molecule has 4 rings (SSSR count). The highest BCUT2D eigenvalue weighted by atomic mass is 16.5. The van der Waals surface area contributed by atoms with Crippen molar-refractivity contribution in [2.24, 2.45) is 5.92 Å². The molecule has 134 valence electrons. The van der Waals surface area contributed by atoms with Crippen LogP contribution in [0, 0.1) is 5.92 Å². The van der Waals surface area contributed by atoms with Crippen molar-refractivity contribution >= 4 is 17.5 Å². The van der Waals surface area contributed by atoms with E-state index < -0.39 is 0 Å². The first kappa shape index (κ1) is 16.6. The molecule has 3 fully saturated rings. The van der Waals surface area contributed by atoms with Crippen molar-refractivity contribution in [1.82, 2.24) is 4.90 Å². The number of nitrogens with zero attached hydrogens (tertiary/aromatic N) is 2. The van der Waals surface area contributed by atoms with Crippen LogP contribution in [0.25, 0.3) is 0 Å². The quantitative estimate of drug-likeness (QED) is 0.849. The van der Waals surface area contributed by atoms with E-state index in [-0.39, 0.29) is 29.9 Å². The standard InChI is InChI=1S/C20H26N2O3/c1-21(19(23)14-10-11-14)16-7-3-2-6-15(16)20(24)22-12-13-25-18-9-5-4-8-17(18)22/h2-3,6-7,14,17-18H,4-5,8-13H2,1H3/t17-,18-/m1/s1. The number of morpholine rings is 1. The van der Waals surface area contributed by atoms with Gasteiger partial charge in [-0.15, -0.1) is 0 Å². The average Bonchev–Trinajstić information content (AvgIpc) is 3.51. The first-order valence-corrected chi connectivity index (χ1v) is 9.46. The van der Waals surface area contributed by atoms with Crippen molar-refractivity contribution in [1.29, 1.82) is 0 Å². The van der Waals surface area contributed by atoms with Crippen LogP contribution in [0.1, 0.15) is 48.9 Å². The Morgan fingerprint density at radius 1 is 1.12 bits per heavy atom. The molecule has 0 bridgehead atoms. The molecule has 1 aromatic rings. The zero-order valence-corrected chi connectivity index (χ0v) is 14.8. The van der Waals surface area contributed by atoms with Crippen LogP contribution in [0.3, 0.4) is 0 Å². The number of fused-ring (bicyclic) bond motifs is 1. The summed E-state index contributed by atoms with van der Waals surface area (Å²) in [7, 11) is 1.79. The first-order chi connectivity index (χ1) is 12.2. The van der Waals surface area contributed by atoms with Gasteiger partial charge in [-0.05, 0) is 37.8 Å². The third-order valence-electron chi connectivity index (χ3n) is 5.75. The molecule has 5 heteroatoms. The molecule has 1 heterocycles. The molecule has 2 amide bonds. The molecule has 2 atom stereocenters. The summed E-state index contributed by atoms with van der Waals surface area (Å²) < 4.78 is 5.90. The summed E-state index contributed by atoms with van der Waals surface area (Å²) in [6.45, 7) is 1.24. The fourth-order valence-electron chi connectivity index (χ4n) is 4.17. The number of anilines is 1. The van der Waals surface area contributed by atoms with Gasteiger partial charge in [-0.25, -0.2) is 0 Å². The Kier molecular flexibility index (Phi) is 4.50. The Balaban J connectivity index is 1.60. The van der Waals surface area contributed by atoms with Gasteiger partial charge in [-0.1, -0.05) is 25.0 Å². The SMILES string of the molecule is CN(C(=O)C1CC1)c1ccccc1C(=O)N1CCO[C@@H]2CCCC[C@H]21. The van der Waals surface area contributed by atoms with Gasteiger partial charge in [0.15, 0.2) is 0 Å². The smallest absolute Gasteiger partial charge is 0.256 e. The number of hydrogen-bond donors (Lipinski definition) is 0. The Bertz CT molecular complexity index is 669. The van der Waals surface area contributed by atoms with Gasteiger partial charge >= 0.3 is 0 Å². The highest BCUT2D eigenvalue weighted by Crippen LogP contribution is 2.34. The molecule has 0 aromatic heterocycles. The average molecular weight is 342 g/mol. The minimum Gasteiger partial charge on any atom is -0.374 e. The van der Waals surface area contributed by atoms with Gasteiger partial charge in [0.2, 0.25) is 5.91 Å². The van der Waals surface area contributed by atoms with Crippen molar-refractivity contribution in [2.75, 3.05) is 25.1 Å². The molecule has 0 spiro atoms. The van der Waals surface area contributed by atoms with E-state index in [1.807, 2.05) is 29.2 Å². The number of benzene rings is 1. The van der Waals surface area contributed by atoms with Crippen LogP contribution in [0.15, 0.2) is 24.3 Å². The molecule has 2 saturated carbocycles. The van der Waals surface area contributed by atoms with Crippen molar-refractivity contribution in [2.45, 2.75) is 50.7 Å². The normalized spacial score (nSPS) is 26.0. The molecule has 0 N–H and O–H groups in total. The fourth-order valence-corrected chi connectivity index (χ4v) is 4.17. The number of rotatable bonds is 3. The second-order valence-corrected chi connectivity index (χ2v) is 7.45. The molecule has 2 aliphatic carbocycles. The molecule has 25 heavy (non-hydrogen) atoms. The summed E-state index contributed by atoms with van der Waals surface area (Å²) in [5.74, 6) is 0.295. The van der Waals surface area contributed by atoms with Gasteiger partial charge in [0.1, 0.15) is 0 Å². The first-order valence-electron chi connectivity index (χ1n) is 9.46. The third-order valence-corrected chi connectivity index (χ3v) is 5.75. The van der Waals surface area contributed by atoms with Crippen molar-refractivity contribution in [3.05, 3.63) is 29.8 Å². The molecular formula is C20H26N2O3. The number of para-hydroxylation sites is 1. The van der Waals surface area contributed by atoms with E-state index in [2.05, 4.69) is 0 Å². The monoisotopic (exact) mass is 342 g/mol. The molecule has 1 aromatic carbocycles. The van der Waals surface area contributed by atoms with Crippen molar-refractivity contribution in [3.8, 4) is 0 Å². The van der Waals surface area contributed by atoms with E-state index in [1.165, 1.54) is 6.42 Å². The lowest BCUT2D eigenvalue weighted by Gasteiger charge is -2.44. The number of carbonyl (C=O) groups excluding carboxylic acids is 2. The number of amides is 2. The minimum atomic E-state index is 0.0336. The number of ether oxygens (including phenoxy) is 1. The Morgan fingerprint density at radius 3 is 2.68 bits per heavy atom. The van der Waals surface area contributed by atoms with Crippen LogP contribution in [-0.4, -0.2) is 49.1 Å². The predicted octanol–water partition coefficient (Wildman–Crippen LogP) is 2.84. The maximum atomic E-state index is 13.3. The van der Waals surface area contributed by atoms with Crippen molar-refractivity contribution < 1.29 is 14.3 Å². The summed E-state index contributed by atoms with van der Waals surface area (Å²) in [6.07, 6.45) is 6.48. The third kappa shape index (κ3) is 3.17. The predicted molar refractivity (Wildman–Crippen MR) is 95.6 cm³/mol. The minimum absolute atomic E-state index is 0.0336. The largest absolute Gasteiger partial charge is 0.374 e. The summed E-state index contributed by atoms with van der Waals surface area (Å²) in [5.41, 5.74) is 1.36. The van der Waals surface area contributed by atoms with Crippen LogP contribution in [0.4, 0.5) is 5.69 Å². The molecule has 5 nitrogen and oxygen atoms in total. The Morgan fingerprint density at radius 2 is 1.88 bits per heavy atom. The summed E-state index contributed by atoms with van der Waals surface area (Å²) in [5, 5.41) is 0. The molecule has 0 radical (unpaired) electrons. The summed E-state index contributed by atoms with van der Waals surface area (Å²) in [4.78, 5) is 29.4. The van der Waals surface area contributed by atoms with E-state index in [9.17, 15) is 9.59 Å². The van der Waals surface area contributed by atoms with Crippen LogP contribution in [-0.2, 0) is 9.53 Å². The van der Waals surface area contributed by atoms with Gasteiger partial charge < -0.3 is 14.5 Å². The molecule has 1 saturated heterocycles. The maximum absolute atomic E-state index is 13.3. The van der Waals surface area contributed by atoms with Gasteiger partial charge in [0.25, 0.3) is 5.91 Å². The topological polar surface area (TPSA) is 49.9 Å². The fraction of sp³-hybridized carbons (Fsp3) is 0.600. The molecule has 3 aliphatic rings. The van der Waals surface area contributed by atoms with Gasteiger partial charge in [0, 0.05) is 19.5 Å². The van der Waals surface area contributed by atoms with Crippen LogP contribution in [0.2, 0.25) is 0 Å². The number of carbonyl (C=O) groups is 2. The van der Waals surface area contributed by atoms with Crippen LogP contribution in [0.5, 0.6) is 0 Å². The second kappa shape index (κ2) is 6.79. The lowest BCUT2D eigenvalue weighted by atomic mass is 9.89. The van der Waals surface area contributed by atoms with E-state index >= 15 is 0 Å². The molecule has 1 aliphatic heterocycles. The van der Waals surface area contributed by atoms with Gasteiger partial charge in [-0.2, -0.15) is 0 Å². The van der Waals surface area contributed by atoms with Crippen molar-refractivity contribution in [3.63, 3.8) is 0 Å². The zero-order valence-electron chi connectivity index (χ0n) is 14.8. The maximum Gasteiger partial charge on any atom is 0.256 e. The molecule has 0 unspecified atom stereocenters. The summed E-state index contributed by atoms with van der Waals surface area (Å²) >= 11 is 0. The molecular weight excluding hydrogens is 316 g/mol. The number of hydrogen-bond acceptors (Lipinski definition) is 3. The zero-order chi connectivity index (χ0) is 17.4. The second-order valence-electron chi connectivity index (χ2n) is 7.45. The highest BCUT2D eigenvalue weighted by Gasteiger charge is 2.38. The van der Waals surface area contributed by atoms with Crippen LogP contribution >= 0.6 is 0 Å². The van der Waals surface area contributed by atoms with E-state index in [0.29, 0.717) is 18.7 Å². The lowest BCUT2D eigenvalue weighted by molar-refractivity contribution is -0.119. The highest BCUT2D eigenvalue weighted by molar-refractivity contribution is 6.05. The van der Waals surface area contributed by atoms with Gasteiger partial charge in [-0.3, -0.25) is 9.59 Å². The Hall–Kier alpha value is -1.88. The summed E-state index contributed by atoms with van der Waals surface area (Å²) in [6, 6.07) is 7.68.